The van der Waals surface area contributed by atoms with Gasteiger partial charge in [-0.05, 0) is 24.3 Å². The van der Waals surface area contributed by atoms with Crippen molar-refractivity contribution in [2.45, 2.75) is 32.7 Å². The Hall–Kier alpha value is -2.08. The van der Waals surface area contributed by atoms with Crippen LogP contribution >= 0.6 is 0 Å². The molecule has 6 heteroatoms. The van der Waals surface area contributed by atoms with Crippen LogP contribution < -0.4 is 5.32 Å². The Morgan fingerprint density at radius 3 is 2.22 bits per heavy atom. The Morgan fingerprint density at radius 1 is 1.00 bits per heavy atom. The lowest BCUT2D eigenvalue weighted by molar-refractivity contribution is -0.141. The van der Waals surface area contributed by atoms with Crippen LogP contribution in [-0.4, -0.2) is 61.1 Å². The third-order valence-electron chi connectivity index (χ3n) is 5.56. The van der Waals surface area contributed by atoms with Crippen LogP contribution in [0.15, 0.2) is 30.3 Å². The quantitative estimate of drug-likeness (QED) is 0.883. The van der Waals surface area contributed by atoms with E-state index >= 15 is 0 Å². The molecule has 0 spiro atoms. The van der Waals surface area contributed by atoms with Crippen molar-refractivity contribution in [1.29, 1.82) is 0 Å². The molecule has 2 fully saturated rings. The van der Waals surface area contributed by atoms with Gasteiger partial charge in [0.05, 0.1) is 19.3 Å². The summed E-state index contributed by atoms with van der Waals surface area (Å²) >= 11 is 0. The van der Waals surface area contributed by atoms with Crippen LogP contribution in [0.25, 0.3) is 0 Å². The van der Waals surface area contributed by atoms with Crippen molar-refractivity contribution in [2.24, 2.45) is 11.8 Å². The number of benzene rings is 1. The average molecular weight is 373 g/mol. The predicted molar refractivity (Wildman–Crippen MR) is 104 cm³/mol. The van der Waals surface area contributed by atoms with Gasteiger partial charge in [-0.25, -0.2) is 4.79 Å². The Bertz CT molecular complexity index is 621. The minimum Gasteiger partial charge on any atom is -0.378 e. The molecule has 0 aromatic heterocycles. The third kappa shape index (κ3) is 5.01. The smallest absolute Gasteiger partial charge is 0.317 e. The lowest BCUT2D eigenvalue weighted by Gasteiger charge is -2.36. The Morgan fingerprint density at radius 2 is 1.63 bits per heavy atom. The van der Waals surface area contributed by atoms with Gasteiger partial charge in [0, 0.05) is 32.1 Å². The van der Waals surface area contributed by atoms with E-state index in [1.54, 1.807) is 0 Å². The second-order valence-electron chi connectivity index (χ2n) is 7.78. The maximum absolute atomic E-state index is 12.8. The van der Waals surface area contributed by atoms with E-state index in [2.05, 4.69) is 31.3 Å². The molecule has 0 radical (unpaired) electrons. The lowest BCUT2D eigenvalue weighted by atomic mass is 9.94. The van der Waals surface area contributed by atoms with Crippen LogP contribution in [0.1, 0.15) is 38.3 Å². The zero-order valence-electron chi connectivity index (χ0n) is 16.4. The molecule has 2 heterocycles. The van der Waals surface area contributed by atoms with Crippen LogP contribution in [0.5, 0.6) is 0 Å². The van der Waals surface area contributed by atoms with Gasteiger partial charge in [-0.3, -0.25) is 4.79 Å². The lowest BCUT2D eigenvalue weighted by Crippen LogP contribution is -2.50. The highest BCUT2D eigenvalue weighted by Gasteiger charge is 2.31. The molecule has 1 aromatic carbocycles. The number of rotatable bonds is 4. The van der Waals surface area contributed by atoms with Crippen molar-refractivity contribution in [3.8, 4) is 0 Å². The zero-order chi connectivity index (χ0) is 19.2. The van der Waals surface area contributed by atoms with E-state index in [0.29, 0.717) is 45.3 Å². The first-order chi connectivity index (χ1) is 13.1. The summed E-state index contributed by atoms with van der Waals surface area (Å²) in [5.74, 6) is 0.557. The third-order valence-corrected chi connectivity index (χ3v) is 5.56. The van der Waals surface area contributed by atoms with Gasteiger partial charge >= 0.3 is 6.03 Å². The number of amides is 3. The minimum atomic E-state index is -0.0326. The Kier molecular flexibility index (Phi) is 6.72. The number of likely N-dealkylation sites (tertiary alicyclic amines) is 1. The van der Waals surface area contributed by atoms with Crippen LogP contribution in [0.3, 0.4) is 0 Å². The summed E-state index contributed by atoms with van der Waals surface area (Å²) in [6.07, 6.45) is 1.47. The number of carbonyl (C=O) groups excluding carboxylic acids is 2. The number of hydrogen-bond donors (Lipinski definition) is 1. The van der Waals surface area contributed by atoms with Gasteiger partial charge in [-0.1, -0.05) is 44.2 Å². The molecule has 1 N–H and O–H groups in total. The highest BCUT2D eigenvalue weighted by Crippen LogP contribution is 2.24. The summed E-state index contributed by atoms with van der Waals surface area (Å²) in [6, 6.07) is 10.1. The number of hydrogen-bond acceptors (Lipinski definition) is 3. The zero-order valence-corrected chi connectivity index (χ0v) is 16.4. The summed E-state index contributed by atoms with van der Waals surface area (Å²) in [6.45, 7) is 8.13. The molecule has 2 aliphatic rings. The van der Waals surface area contributed by atoms with E-state index in [1.807, 2.05) is 28.0 Å². The molecule has 0 bridgehead atoms. The molecule has 2 aliphatic heterocycles. The summed E-state index contributed by atoms with van der Waals surface area (Å²) in [5, 5.41) is 3.19. The number of nitrogens with one attached hydrogen (secondary N) is 1. The molecular weight excluding hydrogens is 342 g/mol. The van der Waals surface area contributed by atoms with E-state index in [-0.39, 0.29) is 23.9 Å². The maximum atomic E-state index is 12.8. The molecule has 148 valence electrons. The second kappa shape index (κ2) is 9.22. The van der Waals surface area contributed by atoms with Crippen LogP contribution in [0, 0.1) is 11.8 Å². The topological polar surface area (TPSA) is 61.9 Å². The number of piperidine rings is 1. The summed E-state index contributed by atoms with van der Waals surface area (Å²) < 4.78 is 5.32. The normalized spacial score (nSPS) is 19.8. The standard InChI is InChI=1S/C21H31N3O3/c1-16(2)19(17-6-4-3-5-7-17)22-21(26)24-10-8-18(9-11-24)20(25)23-12-14-27-15-13-23/h3-7,16,18-19H,8-15H2,1-2H3,(H,22,26). The van der Waals surface area contributed by atoms with E-state index in [0.717, 1.165) is 18.4 Å². The van der Waals surface area contributed by atoms with Crippen LogP contribution in [0.2, 0.25) is 0 Å². The van der Waals surface area contributed by atoms with Gasteiger partial charge in [0.15, 0.2) is 0 Å². The Labute approximate surface area is 161 Å². The molecule has 0 saturated carbocycles. The molecule has 1 aromatic rings. The molecule has 6 nitrogen and oxygen atoms in total. The van der Waals surface area contributed by atoms with Crippen molar-refractivity contribution in [2.75, 3.05) is 39.4 Å². The van der Waals surface area contributed by atoms with Crippen LogP contribution in [-0.2, 0) is 9.53 Å². The molecule has 1 unspecified atom stereocenters. The van der Waals surface area contributed by atoms with E-state index in [4.69, 9.17) is 4.74 Å². The molecule has 1 atom stereocenters. The van der Waals surface area contributed by atoms with E-state index < -0.39 is 0 Å². The molecule has 3 rings (SSSR count). The number of urea groups is 1. The summed E-state index contributed by atoms with van der Waals surface area (Å²) in [7, 11) is 0. The first kappa shape index (κ1) is 19.7. The van der Waals surface area contributed by atoms with E-state index in [9.17, 15) is 9.59 Å². The summed E-state index contributed by atoms with van der Waals surface area (Å²) in [5.41, 5.74) is 1.12. The van der Waals surface area contributed by atoms with Crippen molar-refractivity contribution in [3.05, 3.63) is 35.9 Å². The minimum absolute atomic E-state index is 0.00796. The number of ether oxygens (including phenoxy) is 1. The van der Waals surface area contributed by atoms with Crippen LogP contribution in [0.4, 0.5) is 4.79 Å². The van der Waals surface area contributed by atoms with Gasteiger partial charge in [0.25, 0.3) is 0 Å². The highest BCUT2D eigenvalue weighted by molar-refractivity contribution is 5.80. The molecule has 3 amide bonds. The SMILES string of the molecule is CC(C)C(NC(=O)N1CCC(C(=O)N2CCOCC2)CC1)c1ccccc1. The molecule has 2 saturated heterocycles. The molecule has 27 heavy (non-hydrogen) atoms. The second-order valence-corrected chi connectivity index (χ2v) is 7.78. The van der Waals surface area contributed by atoms with Gasteiger partial charge in [0.2, 0.25) is 5.91 Å². The fourth-order valence-electron chi connectivity index (χ4n) is 3.89. The summed E-state index contributed by atoms with van der Waals surface area (Å²) in [4.78, 5) is 29.2. The largest absolute Gasteiger partial charge is 0.378 e. The monoisotopic (exact) mass is 373 g/mol. The Balaban J connectivity index is 1.52. The van der Waals surface area contributed by atoms with Gasteiger partial charge < -0.3 is 19.9 Å². The average Bonchev–Trinajstić information content (AvgIpc) is 2.72. The number of morpholine rings is 1. The van der Waals surface area contributed by atoms with Gasteiger partial charge in [0.1, 0.15) is 0 Å². The number of nitrogens with zero attached hydrogens (tertiary/aromatic N) is 2. The predicted octanol–water partition coefficient (Wildman–Crippen LogP) is 2.66. The number of carbonyl (C=O) groups is 2. The first-order valence-electron chi connectivity index (χ1n) is 10.0. The fourth-order valence-corrected chi connectivity index (χ4v) is 3.89. The van der Waals surface area contributed by atoms with Crippen molar-refractivity contribution < 1.29 is 14.3 Å². The van der Waals surface area contributed by atoms with Crippen molar-refractivity contribution in [3.63, 3.8) is 0 Å². The van der Waals surface area contributed by atoms with Gasteiger partial charge in [-0.15, -0.1) is 0 Å². The van der Waals surface area contributed by atoms with Crippen molar-refractivity contribution in [1.82, 2.24) is 15.1 Å². The molecular formula is C21H31N3O3. The van der Waals surface area contributed by atoms with Crippen molar-refractivity contribution >= 4 is 11.9 Å². The first-order valence-corrected chi connectivity index (χ1v) is 10.0. The maximum Gasteiger partial charge on any atom is 0.317 e. The van der Waals surface area contributed by atoms with E-state index in [1.165, 1.54) is 0 Å². The molecule has 0 aliphatic carbocycles. The highest BCUT2D eigenvalue weighted by atomic mass is 16.5. The van der Waals surface area contributed by atoms with Gasteiger partial charge in [-0.2, -0.15) is 0 Å². The fraction of sp³-hybridized carbons (Fsp3) is 0.619.